The normalized spacial score (nSPS) is 10.8. The van der Waals surface area contributed by atoms with Crippen molar-refractivity contribution in [2.75, 3.05) is 12.8 Å². The molecule has 3 aromatic heterocycles. The van der Waals surface area contributed by atoms with E-state index in [0.29, 0.717) is 29.1 Å². The van der Waals surface area contributed by atoms with Crippen molar-refractivity contribution >= 4 is 16.5 Å². The van der Waals surface area contributed by atoms with Crippen molar-refractivity contribution < 1.29 is 9.26 Å². The van der Waals surface area contributed by atoms with E-state index in [-0.39, 0.29) is 0 Å². The van der Waals surface area contributed by atoms with Crippen LogP contribution in [0.2, 0.25) is 0 Å². The van der Waals surface area contributed by atoms with Crippen LogP contribution in [0.3, 0.4) is 0 Å². The average Bonchev–Trinajstić information content (AvgIpc) is 3.06. The average molecular weight is 303 g/mol. The van der Waals surface area contributed by atoms with Gasteiger partial charge in [0.2, 0.25) is 5.88 Å². The Morgan fingerprint density at radius 1 is 1.33 bits per heavy atom. The maximum absolute atomic E-state index is 5.67. The van der Waals surface area contributed by atoms with Crippen LogP contribution in [-0.2, 0) is 6.42 Å². The fourth-order valence-electron chi connectivity index (χ4n) is 1.85. The van der Waals surface area contributed by atoms with Crippen LogP contribution in [-0.4, -0.2) is 27.2 Å². The van der Waals surface area contributed by atoms with Gasteiger partial charge in [0.25, 0.3) is 5.89 Å². The lowest BCUT2D eigenvalue weighted by atomic mass is 10.2. The van der Waals surface area contributed by atoms with E-state index in [1.54, 1.807) is 19.4 Å². The van der Waals surface area contributed by atoms with Crippen LogP contribution < -0.4 is 10.5 Å². The minimum Gasteiger partial charge on any atom is -0.481 e. The Balaban J connectivity index is 1.80. The second kappa shape index (κ2) is 5.49. The molecule has 0 radical (unpaired) electrons. The van der Waals surface area contributed by atoms with Gasteiger partial charge in [0.05, 0.1) is 12.8 Å². The monoisotopic (exact) mass is 303 g/mol. The Labute approximate surface area is 124 Å². The second-order valence-electron chi connectivity index (χ2n) is 4.37. The number of anilines is 1. The molecule has 0 amide bonds. The van der Waals surface area contributed by atoms with Gasteiger partial charge in [-0.25, -0.2) is 9.97 Å². The van der Waals surface area contributed by atoms with Crippen molar-refractivity contribution in [2.24, 2.45) is 0 Å². The molecule has 0 saturated heterocycles. The van der Waals surface area contributed by atoms with Gasteiger partial charge in [-0.3, -0.25) is 0 Å². The number of nitrogens with zero attached hydrogens (tertiary/aromatic N) is 4. The SMILES string of the molecule is COc1ccc(Cc2noc(-c3sc(N)nc3C)n2)cn1. The summed E-state index contributed by atoms with van der Waals surface area (Å²) in [4.78, 5) is 13.5. The molecule has 7 nitrogen and oxygen atoms in total. The van der Waals surface area contributed by atoms with E-state index in [2.05, 4.69) is 20.1 Å². The molecule has 0 atom stereocenters. The lowest BCUT2D eigenvalue weighted by molar-refractivity contribution is 0.397. The van der Waals surface area contributed by atoms with Gasteiger partial charge in [0.1, 0.15) is 4.88 Å². The predicted octanol–water partition coefficient (Wildman–Crippen LogP) is 2.08. The Bertz CT molecular complexity index is 750. The highest BCUT2D eigenvalue weighted by Crippen LogP contribution is 2.30. The number of aromatic nitrogens is 4. The summed E-state index contributed by atoms with van der Waals surface area (Å²) in [6.07, 6.45) is 2.26. The summed E-state index contributed by atoms with van der Waals surface area (Å²) in [5.74, 6) is 1.60. The van der Waals surface area contributed by atoms with Crippen LogP contribution in [0.15, 0.2) is 22.9 Å². The van der Waals surface area contributed by atoms with Gasteiger partial charge in [-0.2, -0.15) is 4.98 Å². The molecule has 3 aromatic rings. The third kappa shape index (κ3) is 2.84. The van der Waals surface area contributed by atoms with Gasteiger partial charge < -0.3 is 15.0 Å². The number of methoxy groups -OCH3 is 1. The maximum atomic E-state index is 5.67. The van der Waals surface area contributed by atoms with Crippen molar-refractivity contribution in [3.8, 4) is 16.6 Å². The Hall–Kier alpha value is -2.48. The zero-order chi connectivity index (χ0) is 14.8. The number of nitrogen functional groups attached to an aromatic ring is 1. The van der Waals surface area contributed by atoms with E-state index in [4.69, 9.17) is 15.0 Å². The fourth-order valence-corrected chi connectivity index (χ4v) is 2.61. The molecule has 3 heterocycles. The number of aryl methyl sites for hydroxylation is 1. The lowest BCUT2D eigenvalue weighted by Crippen LogP contribution is -1.93. The third-order valence-corrected chi connectivity index (χ3v) is 3.82. The van der Waals surface area contributed by atoms with E-state index >= 15 is 0 Å². The molecule has 0 unspecified atom stereocenters. The van der Waals surface area contributed by atoms with Gasteiger partial charge in [-0.15, -0.1) is 0 Å². The smallest absolute Gasteiger partial charge is 0.270 e. The number of thiazole rings is 1. The molecule has 8 heteroatoms. The van der Waals surface area contributed by atoms with Crippen LogP contribution in [0.1, 0.15) is 17.1 Å². The maximum Gasteiger partial charge on any atom is 0.270 e. The summed E-state index contributed by atoms with van der Waals surface area (Å²) < 4.78 is 10.3. The summed E-state index contributed by atoms with van der Waals surface area (Å²) in [6, 6.07) is 3.71. The highest BCUT2D eigenvalue weighted by molar-refractivity contribution is 7.18. The highest BCUT2D eigenvalue weighted by atomic mass is 32.1. The third-order valence-electron chi connectivity index (χ3n) is 2.84. The summed E-state index contributed by atoms with van der Waals surface area (Å²) in [6.45, 7) is 1.86. The molecule has 0 aromatic carbocycles. The van der Waals surface area contributed by atoms with Gasteiger partial charge in [-0.05, 0) is 12.5 Å². The van der Waals surface area contributed by atoms with E-state index < -0.39 is 0 Å². The van der Waals surface area contributed by atoms with Crippen molar-refractivity contribution in [3.05, 3.63) is 35.4 Å². The number of hydrogen-bond donors (Lipinski definition) is 1. The summed E-state index contributed by atoms with van der Waals surface area (Å²) in [7, 11) is 1.58. The molecule has 21 heavy (non-hydrogen) atoms. The minimum absolute atomic E-state index is 0.443. The Morgan fingerprint density at radius 3 is 2.81 bits per heavy atom. The van der Waals surface area contributed by atoms with E-state index in [0.717, 1.165) is 16.1 Å². The number of ether oxygens (including phenoxy) is 1. The molecule has 2 N–H and O–H groups in total. The number of hydrogen-bond acceptors (Lipinski definition) is 8. The van der Waals surface area contributed by atoms with Crippen LogP contribution >= 0.6 is 11.3 Å². The summed E-state index contributed by atoms with van der Waals surface area (Å²) in [5, 5.41) is 4.46. The van der Waals surface area contributed by atoms with Crippen LogP contribution in [0.25, 0.3) is 10.8 Å². The highest BCUT2D eigenvalue weighted by Gasteiger charge is 2.15. The predicted molar refractivity (Wildman–Crippen MR) is 78.2 cm³/mol. The van der Waals surface area contributed by atoms with E-state index in [1.165, 1.54) is 11.3 Å². The van der Waals surface area contributed by atoms with Crippen molar-refractivity contribution in [1.29, 1.82) is 0 Å². The molecule has 0 spiro atoms. The second-order valence-corrected chi connectivity index (χ2v) is 5.40. The lowest BCUT2D eigenvalue weighted by Gasteiger charge is -1.99. The molecule has 0 bridgehead atoms. The zero-order valence-electron chi connectivity index (χ0n) is 11.5. The van der Waals surface area contributed by atoms with Crippen LogP contribution in [0.4, 0.5) is 5.13 Å². The largest absolute Gasteiger partial charge is 0.481 e. The van der Waals surface area contributed by atoms with Crippen molar-refractivity contribution in [3.63, 3.8) is 0 Å². The number of pyridine rings is 1. The Kier molecular flexibility index (Phi) is 3.53. The first-order chi connectivity index (χ1) is 10.2. The number of nitrogens with two attached hydrogens (primary N) is 1. The van der Waals surface area contributed by atoms with Crippen LogP contribution in [0.5, 0.6) is 5.88 Å². The zero-order valence-corrected chi connectivity index (χ0v) is 12.3. The van der Waals surface area contributed by atoms with Crippen LogP contribution in [0, 0.1) is 6.92 Å². The molecule has 0 fully saturated rings. The molecule has 3 rings (SSSR count). The Morgan fingerprint density at radius 2 is 2.19 bits per heavy atom. The summed E-state index contributed by atoms with van der Waals surface area (Å²) in [5.41, 5.74) is 7.44. The molecular formula is C13H13N5O2S. The first-order valence-electron chi connectivity index (χ1n) is 6.20. The van der Waals surface area contributed by atoms with E-state index in [1.807, 2.05) is 13.0 Å². The van der Waals surface area contributed by atoms with E-state index in [9.17, 15) is 0 Å². The van der Waals surface area contributed by atoms with Gasteiger partial charge in [0.15, 0.2) is 11.0 Å². The standard InChI is InChI=1S/C13H13N5O2S/c1-7-11(21-13(14)16-7)12-17-9(18-20-12)5-8-3-4-10(19-2)15-6-8/h3-4,6H,5H2,1-2H3,(H2,14,16). The molecule has 0 aliphatic rings. The first kappa shape index (κ1) is 13.5. The van der Waals surface area contributed by atoms with Crippen molar-refractivity contribution in [2.45, 2.75) is 13.3 Å². The molecule has 0 aliphatic heterocycles. The number of rotatable bonds is 4. The molecule has 0 saturated carbocycles. The van der Waals surface area contributed by atoms with Crippen molar-refractivity contribution in [1.82, 2.24) is 20.1 Å². The minimum atomic E-state index is 0.443. The molecule has 108 valence electrons. The summed E-state index contributed by atoms with van der Waals surface area (Å²) >= 11 is 1.33. The van der Waals surface area contributed by atoms with Gasteiger partial charge in [0, 0.05) is 18.7 Å². The fraction of sp³-hybridized carbons (Fsp3) is 0.231. The molecule has 0 aliphatic carbocycles. The van der Waals surface area contributed by atoms with Gasteiger partial charge in [-0.1, -0.05) is 22.6 Å². The van der Waals surface area contributed by atoms with Gasteiger partial charge >= 0.3 is 0 Å². The molecular weight excluding hydrogens is 290 g/mol. The first-order valence-corrected chi connectivity index (χ1v) is 7.02. The quantitative estimate of drug-likeness (QED) is 0.787. The topological polar surface area (TPSA) is 100.0 Å².